The molecular weight excluding hydrogens is 192 g/mol. The van der Waals surface area contributed by atoms with Crippen molar-refractivity contribution >= 4 is 10.9 Å². The summed E-state index contributed by atoms with van der Waals surface area (Å²) in [5.41, 5.74) is 10.2. The molecule has 0 aliphatic rings. The average molecular weight is 202 g/mol. The van der Waals surface area contributed by atoms with Crippen molar-refractivity contribution in [2.24, 2.45) is 5.11 Å². The van der Waals surface area contributed by atoms with Gasteiger partial charge in [0.15, 0.2) is 0 Å². The largest absolute Gasteiger partial charge is 0.497 e. The minimum atomic E-state index is 0.364. The third-order valence-electron chi connectivity index (χ3n) is 2.28. The zero-order valence-electron chi connectivity index (χ0n) is 8.27. The van der Waals surface area contributed by atoms with Crippen molar-refractivity contribution in [1.82, 2.24) is 4.98 Å². The highest BCUT2D eigenvalue weighted by molar-refractivity contribution is 5.84. The molecule has 5 nitrogen and oxygen atoms in total. The maximum Gasteiger partial charge on any atom is 0.120 e. The Morgan fingerprint density at radius 1 is 1.53 bits per heavy atom. The Kier molecular flexibility index (Phi) is 2.48. The lowest BCUT2D eigenvalue weighted by Crippen LogP contribution is -1.82. The van der Waals surface area contributed by atoms with Crippen molar-refractivity contribution in [1.29, 1.82) is 0 Å². The molecule has 0 atom stereocenters. The molecule has 5 heteroatoms. The number of rotatable bonds is 3. The topological polar surface area (TPSA) is 73.8 Å². The van der Waals surface area contributed by atoms with Gasteiger partial charge in [-0.1, -0.05) is 5.11 Å². The number of benzene rings is 1. The first-order chi connectivity index (χ1) is 7.35. The van der Waals surface area contributed by atoms with Crippen LogP contribution in [0.15, 0.2) is 29.5 Å². The van der Waals surface area contributed by atoms with Crippen molar-refractivity contribution in [3.05, 3.63) is 40.4 Å². The second-order valence-corrected chi connectivity index (χ2v) is 3.11. The SMILES string of the molecule is COc1ccc2c(CN=[N+]=[N-])c[nH]c2c1. The second kappa shape index (κ2) is 3.94. The van der Waals surface area contributed by atoms with Gasteiger partial charge in [0.2, 0.25) is 0 Å². The van der Waals surface area contributed by atoms with Gasteiger partial charge in [-0.3, -0.25) is 0 Å². The Bertz CT molecular complexity index is 525. The lowest BCUT2D eigenvalue weighted by molar-refractivity contribution is 0.415. The number of nitrogens with one attached hydrogen (secondary N) is 1. The lowest BCUT2D eigenvalue weighted by atomic mass is 10.2. The summed E-state index contributed by atoms with van der Waals surface area (Å²) in [4.78, 5) is 5.85. The minimum Gasteiger partial charge on any atom is -0.497 e. The smallest absolute Gasteiger partial charge is 0.120 e. The van der Waals surface area contributed by atoms with Gasteiger partial charge in [-0.2, -0.15) is 0 Å². The monoisotopic (exact) mass is 202 g/mol. The predicted molar refractivity (Wildman–Crippen MR) is 57.7 cm³/mol. The van der Waals surface area contributed by atoms with E-state index in [0.717, 1.165) is 22.2 Å². The van der Waals surface area contributed by atoms with Crippen molar-refractivity contribution in [3.8, 4) is 5.75 Å². The number of H-pyrrole nitrogens is 1. The number of aromatic amines is 1. The Labute approximate surface area is 86.3 Å². The maximum atomic E-state index is 8.25. The standard InChI is InChI=1S/C10H10N4O/c1-15-8-2-3-9-7(6-13-14-11)5-12-10(9)4-8/h2-5,12H,6H2,1H3. The Hall–Kier alpha value is -2.13. The van der Waals surface area contributed by atoms with E-state index in [0.29, 0.717) is 6.54 Å². The molecular formula is C10H10N4O. The van der Waals surface area contributed by atoms with E-state index in [1.54, 1.807) is 7.11 Å². The van der Waals surface area contributed by atoms with Crippen LogP contribution in [0.25, 0.3) is 21.3 Å². The third-order valence-corrected chi connectivity index (χ3v) is 2.28. The van der Waals surface area contributed by atoms with Gasteiger partial charge >= 0.3 is 0 Å². The van der Waals surface area contributed by atoms with Gasteiger partial charge < -0.3 is 9.72 Å². The van der Waals surface area contributed by atoms with Gasteiger partial charge in [0.1, 0.15) is 5.75 Å². The van der Waals surface area contributed by atoms with Crippen LogP contribution in [0.3, 0.4) is 0 Å². The van der Waals surface area contributed by atoms with Gasteiger partial charge in [-0.05, 0) is 23.2 Å². The highest BCUT2D eigenvalue weighted by Crippen LogP contribution is 2.23. The number of ether oxygens (including phenoxy) is 1. The van der Waals surface area contributed by atoms with Crippen LogP contribution in [-0.2, 0) is 6.54 Å². The molecule has 1 aromatic heterocycles. The van der Waals surface area contributed by atoms with Crippen LogP contribution >= 0.6 is 0 Å². The van der Waals surface area contributed by atoms with Gasteiger partial charge in [0, 0.05) is 28.1 Å². The second-order valence-electron chi connectivity index (χ2n) is 3.11. The third kappa shape index (κ3) is 1.73. The fourth-order valence-corrected chi connectivity index (χ4v) is 1.53. The van der Waals surface area contributed by atoms with Crippen molar-refractivity contribution in [2.75, 3.05) is 7.11 Å². The molecule has 0 aliphatic heterocycles. The molecule has 0 bridgehead atoms. The quantitative estimate of drug-likeness (QED) is 0.463. The van der Waals surface area contributed by atoms with Gasteiger partial charge in [0.05, 0.1) is 13.7 Å². The van der Waals surface area contributed by atoms with E-state index in [9.17, 15) is 0 Å². The van der Waals surface area contributed by atoms with Crippen molar-refractivity contribution in [2.45, 2.75) is 6.54 Å². The first-order valence-electron chi connectivity index (χ1n) is 4.50. The number of aromatic nitrogens is 1. The number of hydrogen-bond donors (Lipinski definition) is 1. The van der Waals surface area contributed by atoms with Crippen LogP contribution < -0.4 is 4.74 Å². The summed E-state index contributed by atoms with van der Waals surface area (Å²) in [6, 6.07) is 5.75. The summed E-state index contributed by atoms with van der Waals surface area (Å²) in [5.74, 6) is 0.805. The Morgan fingerprint density at radius 3 is 3.13 bits per heavy atom. The molecule has 1 aromatic carbocycles. The Balaban J connectivity index is 2.47. The average Bonchev–Trinajstić information content (AvgIpc) is 2.68. The van der Waals surface area contributed by atoms with Crippen molar-refractivity contribution < 1.29 is 4.74 Å². The van der Waals surface area contributed by atoms with E-state index in [1.165, 1.54) is 0 Å². The van der Waals surface area contributed by atoms with E-state index in [1.807, 2.05) is 24.4 Å². The number of nitrogens with zero attached hydrogens (tertiary/aromatic N) is 3. The minimum absolute atomic E-state index is 0.364. The van der Waals surface area contributed by atoms with Gasteiger partial charge in [-0.15, -0.1) is 0 Å². The van der Waals surface area contributed by atoms with Crippen LogP contribution in [0.2, 0.25) is 0 Å². The lowest BCUT2D eigenvalue weighted by Gasteiger charge is -1.99. The van der Waals surface area contributed by atoms with E-state index >= 15 is 0 Å². The molecule has 76 valence electrons. The van der Waals surface area contributed by atoms with E-state index < -0.39 is 0 Å². The highest BCUT2D eigenvalue weighted by atomic mass is 16.5. The molecule has 0 spiro atoms. The van der Waals surface area contributed by atoms with E-state index in [-0.39, 0.29) is 0 Å². The highest BCUT2D eigenvalue weighted by Gasteiger charge is 2.03. The molecule has 0 unspecified atom stereocenters. The zero-order valence-corrected chi connectivity index (χ0v) is 8.27. The van der Waals surface area contributed by atoms with Crippen LogP contribution in [0.5, 0.6) is 5.75 Å². The molecule has 2 aromatic rings. The predicted octanol–water partition coefficient (Wildman–Crippen LogP) is 2.99. The summed E-state index contributed by atoms with van der Waals surface area (Å²) in [7, 11) is 1.63. The van der Waals surface area contributed by atoms with Crippen LogP contribution in [-0.4, -0.2) is 12.1 Å². The first-order valence-corrected chi connectivity index (χ1v) is 4.50. The molecule has 0 saturated heterocycles. The summed E-state index contributed by atoms with van der Waals surface area (Å²) in [5, 5.41) is 4.59. The number of methoxy groups -OCH3 is 1. The normalized spacial score (nSPS) is 9.93. The fraction of sp³-hybridized carbons (Fsp3) is 0.200. The van der Waals surface area contributed by atoms with E-state index in [4.69, 9.17) is 10.3 Å². The molecule has 1 N–H and O–H groups in total. The zero-order chi connectivity index (χ0) is 10.7. The van der Waals surface area contributed by atoms with Crippen LogP contribution in [0.1, 0.15) is 5.56 Å². The van der Waals surface area contributed by atoms with Gasteiger partial charge in [-0.25, -0.2) is 0 Å². The molecule has 0 amide bonds. The molecule has 0 aliphatic carbocycles. The number of hydrogen-bond acceptors (Lipinski definition) is 2. The number of fused-ring (bicyclic) bond motifs is 1. The molecule has 0 radical (unpaired) electrons. The maximum absolute atomic E-state index is 8.25. The molecule has 1 heterocycles. The van der Waals surface area contributed by atoms with Crippen LogP contribution in [0, 0.1) is 0 Å². The first kappa shape index (κ1) is 9.43. The molecule has 0 fully saturated rings. The molecule has 2 rings (SSSR count). The fourth-order valence-electron chi connectivity index (χ4n) is 1.53. The summed E-state index contributed by atoms with van der Waals surface area (Å²) >= 11 is 0. The number of azide groups is 1. The summed E-state index contributed by atoms with van der Waals surface area (Å²) in [6.45, 7) is 0.364. The Morgan fingerprint density at radius 2 is 2.40 bits per heavy atom. The van der Waals surface area contributed by atoms with Crippen molar-refractivity contribution in [3.63, 3.8) is 0 Å². The van der Waals surface area contributed by atoms with E-state index in [2.05, 4.69) is 15.0 Å². The van der Waals surface area contributed by atoms with Gasteiger partial charge in [0.25, 0.3) is 0 Å². The van der Waals surface area contributed by atoms with Crippen LogP contribution in [0.4, 0.5) is 0 Å². The molecule has 0 saturated carbocycles. The summed E-state index contributed by atoms with van der Waals surface area (Å²) < 4.78 is 5.11. The molecule has 15 heavy (non-hydrogen) atoms. The summed E-state index contributed by atoms with van der Waals surface area (Å²) in [6.07, 6.45) is 1.85.